The fourth-order valence-electron chi connectivity index (χ4n) is 2.74. The SMILES string of the molecule is CN(CCNCC1CCCCC1)Cc1ccoc1. The molecular weight excluding hydrogens is 224 g/mol. The zero-order valence-electron chi connectivity index (χ0n) is 11.5. The van der Waals surface area contributed by atoms with Gasteiger partial charge in [-0.05, 0) is 38.4 Å². The molecule has 1 fully saturated rings. The lowest BCUT2D eigenvalue weighted by Crippen LogP contribution is -2.32. The van der Waals surface area contributed by atoms with Gasteiger partial charge in [0.1, 0.15) is 0 Å². The molecule has 0 unspecified atom stereocenters. The molecule has 0 spiro atoms. The fraction of sp³-hybridized carbons (Fsp3) is 0.733. The minimum absolute atomic E-state index is 0.929. The van der Waals surface area contributed by atoms with E-state index in [0.717, 1.165) is 25.6 Å². The molecule has 0 radical (unpaired) electrons. The van der Waals surface area contributed by atoms with Crippen molar-refractivity contribution in [3.05, 3.63) is 24.2 Å². The lowest BCUT2D eigenvalue weighted by atomic mass is 9.89. The van der Waals surface area contributed by atoms with Gasteiger partial charge in [-0.1, -0.05) is 19.3 Å². The van der Waals surface area contributed by atoms with Crippen molar-refractivity contribution >= 4 is 0 Å². The molecule has 1 aliphatic carbocycles. The van der Waals surface area contributed by atoms with Gasteiger partial charge in [0.25, 0.3) is 0 Å². The number of hydrogen-bond acceptors (Lipinski definition) is 3. The van der Waals surface area contributed by atoms with Crippen LogP contribution in [-0.4, -0.2) is 31.6 Å². The van der Waals surface area contributed by atoms with Crippen molar-refractivity contribution in [1.82, 2.24) is 10.2 Å². The van der Waals surface area contributed by atoms with Gasteiger partial charge in [0.15, 0.2) is 0 Å². The van der Waals surface area contributed by atoms with Gasteiger partial charge in [-0.25, -0.2) is 0 Å². The first-order chi connectivity index (χ1) is 8.84. The van der Waals surface area contributed by atoms with Gasteiger partial charge in [0.2, 0.25) is 0 Å². The molecule has 1 heterocycles. The Labute approximate surface area is 111 Å². The highest BCUT2D eigenvalue weighted by Crippen LogP contribution is 2.22. The topological polar surface area (TPSA) is 28.4 Å². The van der Waals surface area contributed by atoms with Crippen LogP contribution in [0.4, 0.5) is 0 Å². The first kappa shape index (κ1) is 13.6. The van der Waals surface area contributed by atoms with Crippen LogP contribution in [0.15, 0.2) is 23.0 Å². The molecule has 0 amide bonds. The van der Waals surface area contributed by atoms with Crippen molar-refractivity contribution < 1.29 is 4.42 Å². The van der Waals surface area contributed by atoms with Gasteiger partial charge in [0.05, 0.1) is 12.5 Å². The highest BCUT2D eigenvalue weighted by Gasteiger charge is 2.12. The molecular formula is C15H26N2O. The molecule has 3 nitrogen and oxygen atoms in total. The van der Waals surface area contributed by atoms with Crippen LogP contribution in [0.3, 0.4) is 0 Å². The van der Waals surface area contributed by atoms with Gasteiger partial charge in [-0.2, -0.15) is 0 Å². The van der Waals surface area contributed by atoms with E-state index in [4.69, 9.17) is 4.42 Å². The van der Waals surface area contributed by atoms with E-state index in [1.54, 1.807) is 6.26 Å². The second-order valence-electron chi connectivity index (χ2n) is 5.58. The van der Waals surface area contributed by atoms with Gasteiger partial charge in [-0.15, -0.1) is 0 Å². The van der Waals surface area contributed by atoms with Crippen molar-refractivity contribution in [2.75, 3.05) is 26.7 Å². The highest BCUT2D eigenvalue weighted by atomic mass is 16.3. The van der Waals surface area contributed by atoms with Crippen molar-refractivity contribution in [2.45, 2.75) is 38.6 Å². The van der Waals surface area contributed by atoms with E-state index in [1.807, 2.05) is 12.3 Å². The summed E-state index contributed by atoms with van der Waals surface area (Å²) in [5, 5.41) is 3.60. The maximum Gasteiger partial charge on any atom is 0.0947 e. The minimum atomic E-state index is 0.929. The van der Waals surface area contributed by atoms with Crippen LogP contribution in [0, 0.1) is 5.92 Å². The predicted octanol–water partition coefficient (Wildman–Crippen LogP) is 2.88. The Bertz CT molecular complexity index is 304. The molecule has 0 atom stereocenters. The van der Waals surface area contributed by atoms with Gasteiger partial charge in [0, 0.05) is 25.2 Å². The smallest absolute Gasteiger partial charge is 0.0947 e. The summed E-state index contributed by atoms with van der Waals surface area (Å²) in [4.78, 5) is 2.33. The Morgan fingerprint density at radius 1 is 1.33 bits per heavy atom. The summed E-state index contributed by atoms with van der Waals surface area (Å²) in [6.07, 6.45) is 10.7. The summed E-state index contributed by atoms with van der Waals surface area (Å²) in [7, 11) is 2.16. The van der Waals surface area contributed by atoms with Gasteiger partial charge in [-0.3, -0.25) is 0 Å². The summed E-state index contributed by atoms with van der Waals surface area (Å²) >= 11 is 0. The molecule has 1 aliphatic rings. The van der Waals surface area contributed by atoms with Crippen LogP contribution in [0.5, 0.6) is 0 Å². The number of nitrogens with one attached hydrogen (secondary N) is 1. The molecule has 1 N–H and O–H groups in total. The Balaban J connectivity index is 1.52. The largest absolute Gasteiger partial charge is 0.472 e. The lowest BCUT2D eigenvalue weighted by molar-refractivity contribution is 0.303. The predicted molar refractivity (Wildman–Crippen MR) is 74.5 cm³/mol. The number of hydrogen-bond donors (Lipinski definition) is 1. The second-order valence-corrected chi connectivity index (χ2v) is 5.58. The first-order valence-corrected chi connectivity index (χ1v) is 7.25. The summed E-state index contributed by atoms with van der Waals surface area (Å²) in [6, 6.07) is 2.03. The summed E-state index contributed by atoms with van der Waals surface area (Å²) in [5.74, 6) is 0.929. The normalized spacial score (nSPS) is 17.4. The van der Waals surface area contributed by atoms with Crippen LogP contribution >= 0.6 is 0 Å². The molecule has 18 heavy (non-hydrogen) atoms. The van der Waals surface area contributed by atoms with Crippen molar-refractivity contribution in [2.24, 2.45) is 5.92 Å². The molecule has 2 rings (SSSR count). The van der Waals surface area contributed by atoms with Crippen LogP contribution in [-0.2, 0) is 6.54 Å². The lowest BCUT2D eigenvalue weighted by Gasteiger charge is -2.22. The molecule has 0 aromatic carbocycles. The van der Waals surface area contributed by atoms with E-state index in [-0.39, 0.29) is 0 Å². The third-order valence-electron chi connectivity index (χ3n) is 3.86. The van der Waals surface area contributed by atoms with Crippen molar-refractivity contribution in [3.63, 3.8) is 0 Å². The average Bonchev–Trinajstić information content (AvgIpc) is 2.89. The van der Waals surface area contributed by atoms with E-state index >= 15 is 0 Å². The van der Waals surface area contributed by atoms with E-state index in [9.17, 15) is 0 Å². The maximum absolute atomic E-state index is 5.08. The molecule has 0 saturated heterocycles. The number of furan rings is 1. The Morgan fingerprint density at radius 2 is 2.17 bits per heavy atom. The van der Waals surface area contributed by atoms with Crippen molar-refractivity contribution in [1.29, 1.82) is 0 Å². The van der Waals surface area contributed by atoms with Crippen LogP contribution < -0.4 is 5.32 Å². The van der Waals surface area contributed by atoms with Crippen molar-refractivity contribution in [3.8, 4) is 0 Å². The van der Waals surface area contributed by atoms with Gasteiger partial charge < -0.3 is 14.6 Å². The highest BCUT2D eigenvalue weighted by molar-refractivity contribution is 5.04. The van der Waals surface area contributed by atoms with Crippen LogP contribution in [0.25, 0.3) is 0 Å². The zero-order valence-corrected chi connectivity index (χ0v) is 11.5. The average molecular weight is 250 g/mol. The molecule has 1 aromatic heterocycles. The van der Waals surface area contributed by atoms with E-state index < -0.39 is 0 Å². The molecule has 1 saturated carbocycles. The number of nitrogens with zero attached hydrogens (tertiary/aromatic N) is 1. The van der Waals surface area contributed by atoms with Gasteiger partial charge >= 0.3 is 0 Å². The van der Waals surface area contributed by atoms with Crippen LogP contribution in [0.2, 0.25) is 0 Å². The molecule has 3 heteroatoms. The second kappa shape index (κ2) is 7.59. The number of likely N-dealkylation sites (N-methyl/N-ethyl adjacent to an activating group) is 1. The number of rotatable bonds is 7. The summed E-state index contributed by atoms with van der Waals surface area (Å²) in [5.41, 5.74) is 1.25. The monoisotopic (exact) mass is 250 g/mol. The summed E-state index contributed by atoms with van der Waals surface area (Å²) < 4.78 is 5.08. The Morgan fingerprint density at radius 3 is 2.89 bits per heavy atom. The Hall–Kier alpha value is -0.800. The molecule has 1 aromatic rings. The first-order valence-electron chi connectivity index (χ1n) is 7.25. The standard InChI is InChI=1S/C15H26N2O/c1-17(12-15-7-10-18-13-15)9-8-16-11-14-5-3-2-4-6-14/h7,10,13-14,16H,2-6,8-9,11-12H2,1H3. The fourth-order valence-corrected chi connectivity index (χ4v) is 2.74. The third kappa shape index (κ3) is 4.83. The third-order valence-corrected chi connectivity index (χ3v) is 3.86. The van der Waals surface area contributed by atoms with E-state index in [0.29, 0.717) is 0 Å². The molecule has 0 aliphatic heterocycles. The molecule has 102 valence electrons. The summed E-state index contributed by atoms with van der Waals surface area (Å²) in [6.45, 7) is 4.36. The van der Waals surface area contributed by atoms with E-state index in [2.05, 4.69) is 17.3 Å². The quantitative estimate of drug-likeness (QED) is 0.754. The van der Waals surface area contributed by atoms with Crippen LogP contribution in [0.1, 0.15) is 37.7 Å². The molecule has 0 bridgehead atoms. The Kier molecular flexibility index (Phi) is 5.75. The van der Waals surface area contributed by atoms with E-state index in [1.165, 1.54) is 44.2 Å². The minimum Gasteiger partial charge on any atom is -0.472 e. The zero-order chi connectivity index (χ0) is 12.6. The maximum atomic E-state index is 5.08.